The summed E-state index contributed by atoms with van der Waals surface area (Å²) < 4.78 is 10.3. The van der Waals surface area contributed by atoms with Gasteiger partial charge in [0.1, 0.15) is 29.3 Å². The lowest BCUT2D eigenvalue weighted by Gasteiger charge is -2.13. The first-order chi connectivity index (χ1) is 47.0. The Morgan fingerprint density at radius 2 is 0.740 bits per heavy atom. The number of aliphatic hydroxyl groups is 1. The number of hydrogen-bond acceptors (Lipinski definition) is 12. The Balaban J connectivity index is 0.000000130. The molecule has 2 heterocycles. The molecule has 0 fully saturated rings. The van der Waals surface area contributed by atoms with Gasteiger partial charge in [-0.05, 0) is 173 Å². The second-order valence-corrected chi connectivity index (χ2v) is 22.6. The first-order valence-corrected chi connectivity index (χ1v) is 31.2. The van der Waals surface area contributed by atoms with Crippen molar-refractivity contribution in [1.82, 2.24) is 10.1 Å². The van der Waals surface area contributed by atoms with Crippen LogP contribution in [0.5, 0.6) is 23.0 Å². The van der Waals surface area contributed by atoms with Crippen LogP contribution in [0.15, 0.2) is 317 Å². The van der Waals surface area contributed by atoms with E-state index in [1.54, 1.807) is 67.1 Å². The van der Waals surface area contributed by atoms with E-state index < -0.39 is 5.76 Å². The number of nitrogens with zero attached hydrogens (tertiary/aromatic N) is 1. The monoisotopic (exact) mass is 1270 g/mol. The van der Waals surface area contributed by atoms with Crippen molar-refractivity contribution in [2.24, 2.45) is 5.90 Å². The number of anilines is 1. The smallest absolute Gasteiger partial charge is 0.416 e. The number of aromatic nitrogens is 2. The fourth-order valence-corrected chi connectivity index (χ4v) is 11.4. The predicted molar refractivity (Wildman–Crippen MR) is 383 cm³/mol. The molecule has 0 amide bonds. The third kappa shape index (κ3) is 16.9. The van der Waals surface area contributed by atoms with Crippen LogP contribution < -0.4 is 17.4 Å². The van der Waals surface area contributed by atoms with Crippen LogP contribution in [-0.4, -0.2) is 48.9 Å². The van der Waals surface area contributed by atoms with Crippen molar-refractivity contribution in [2.45, 2.75) is 19.3 Å². The molecule has 0 spiro atoms. The summed E-state index contributed by atoms with van der Waals surface area (Å²) in [7, 11) is 0. The third-order valence-corrected chi connectivity index (χ3v) is 16.1. The van der Waals surface area contributed by atoms with Crippen LogP contribution in [0.2, 0.25) is 0 Å². The fourth-order valence-electron chi connectivity index (χ4n) is 11.4. The molecule has 13 nitrogen and oxygen atoms in total. The summed E-state index contributed by atoms with van der Waals surface area (Å²) in [6, 6.07) is 94.3. The van der Waals surface area contributed by atoms with Crippen molar-refractivity contribution in [3.63, 3.8) is 0 Å². The Kier molecular flexibility index (Phi) is 21.6. The minimum Gasteiger partial charge on any atom is -0.508 e. The predicted octanol–water partition coefficient (Wildman–Crippen LogP) is 18.0. The van der Waals surface area contributed by atoms with E-state index in [0.29, 0.717) is 37.4 Å². The number of hydrogen-bond donors (Lipinski definition) is 8. The largest absolute Gasteiger partial charge is 0.508 e. The molecule has 0 bridgehead atoms. The lowest BCUT2D eigenvalue weighted by atomic mass is 9.92. The van der Waals surface area contributed by atoms with Crippen LogP contribution in [0.1, 0.15) is 22.3 Å². The molecule has 0 saturated heterocycles. The van der Waals surface area contributed by atoms with Crippen molar-refractivity contribution in [3.05, 3.63) is 336 Å². The second kappa shape index (κ2) is 31.9. The summed E-state index contributed by atoms with van der Waals surface area (Å²) in [5.74, 6) is 6.50. The van der Waals surface area contributed by atoms with Crippen molar-refractivity contribution in [1.29, 1.82) is 0 Å². The maximum atomic E-state index is 11.5. The molecular formula is C83H70N4O9. The molecule has 0 unspecified atom stereocenters. The van der Waals surface area contributed by atoms with E-state index in [-0.39, 0.29) is 29.6 Å². The number of aliphatic hydroxyl groups excluding tert-OH is 1. The molecule has 0 aliphatic heterocycles. The second-order valence-electron chi connectivity index (χ2n) is 22.6. The maximum Gasteiger partial charge on any atom is 0.416 e. The van der Waals surface area contributed by atoms with Crippen molar-refractivity contribution < 1.29 is 39.3 Å². The summed E-state index contributed by atoms with van der Waals surface area (Å²) >= 11 is 0. The molecule has 0 aliphatic rings. The molecule has 14 rings (SSSR count). The maximum absolute atomic E-state index is 11.5. The highest BCUT2D eigenvalue weighted by atomic mass is 16.6. The first kappa shape index (κ1) is 65.2. The van der Waals surface area contributed by atoms with Crippen LogP contribution in [-0.2, 0) is 24.1 Å². The van der Waals surface area contributed by atoms with Gasteiger partial charge in [0.15, 0.2) is 11.6 Å². The van der Waals surface area contributed by atoms with Gasteiger partial charge in [0.05, 0.1) is 12.8 Å². The number of nitrogens with one attached hydrogen (secondary N) is 1. The van der Waals surface area contributed by atoms with Gasteiger partial charge >= 0.3 is 5.76 Å². The minimum absolute atomic E-state index is 0.101. The molecule has 0 aliphatic carbocycles. The number of rotatable bonds is 16. The summed E-state index contributed by atoms with van der Waals surface area (Å²) in [5.41, 5.74) is 27.6. The van der Waals surface area contributed by atoms with Crippen molar-refractivity contribution in [2.75, 3.05) is 18.9 Å². The molecule has 14 aromatic rings. The van der Waals surface area contributed by atoms with E-state index in [9.17, 15) is 30.3 Å². The van der Waals surface area contributed by atoms with Crippen LogP contribution in [0, 0.1) is 0 Å². The van der Waals surface area contributed by atoms with Crippen LogP contribution >= 0.6 is 0 Å². The molecule has 0 radical (unpaired) electrons. The zero-order valence-electron chi connectivity index (χ0n) is 52.4. The number of aromatic hydroxyl groups is 4. The topological polar surface area (TPSA) is 234 Å². The quantitative estimate of drug-likeness (QED) is 0.0422. The average molecular weight is 1270 g/mol. The number of nitrogens with two attached hydrogens (primary N) is 2. The van der Waals surface area contributed by atoms with E-state index in [1.807, 2.05) is 146 Å². The number of nitrogen functional groups attached to an aromatic ring is 1. The van der Waals surface area contributed by atoms with E-state index in [4.69, 9.17) is 25.4 Å². The fraction of sp³-hybridized carbons (Fsp3) is 0.0602. The summed E-state index contributed by atoms with van der Waals surface area (Å²) in [6.45, 7) is 0.550. The highest BCUT2D eigenvalue weighted by molar-refractivity contribution is 5.86. The molecule has 2 aromatic heterocycles. The Bertz CT molecular complexity index is 4900. The number of phenolic OH excluding ortho intramolecular Hbond substituents is 4. The molecule has 96 heavy (non-hydrogen) atoms. The zero-order chi connectivity index (χ0) is 66.6. The standard InChI is InChI=1S/C22H18N2O2.C21H15NO3.C20H19NO2.C20H18O2/c23-22-19(14-26-24-22)12-18-11-16(15-5-2-1-3-6-15)9-10-21(18)17-7-4-8-20(25)13-17;23-17-8-4-7-16(11-17)18-10-9-15(14-5-2-1-3-6-14)12-19(18)20-13-22-21(24)25-20;21-23-12-11-18-13-16(15-5-2-1-3-6-15)9-10-20(18)17-7-4-8-19(22)14-17;21-12-11-18-13-16(15-5-2-1-3-6-15)9-10-20(18)17-7-4-8-19(22)14-17/h1-11,13-14,25H,12H2,(H2,23,24);1-13,23H,(H,22,24);1-10,13-14,22H,11-12,21H2;1-10,13-14,21-22H,11-12H2. The van der Waals surface area contributed by atoms with Gasteiger partial charge in [0.25, 0.3) is 0 Å². The first-order valence-electron chi connectivity index (χ1n) is 31.2. The molecule has 13 heteroatoms. The Hall–Kier alpha value is -12.3. The molecule has 0 atom stereocenters. The Morgan fingerprint density at radius 1 is 0.375 bits per heavy atom. The van der Waals surface area contributed by atoms with Gasteiger partial charge in [0.2, 0.25) is 0 Å². The molecule has 10 N–H and O–H groups in total. The SMILES string of the molecule is NOCCc1cc(-c2ccccc2)ccc1-c1cccc(O)c1.Nc1nocc1Cc1cc(-c2ccccc2)ccc1-c1cccc(O)c1.O=c1[nH]cc(-c2cc(-c3ccccc3)ccc2-c2cccc(O)c2)o1.OCCc1cc(-c2ccccc2)ccc1-c1cccc(O)c1. The van der Waals surface area contributed by atoms with Gasteiger partial charge < -0.3 is 45.0 Å². The average Bonchev–Trinajstić information content (AvgIpc) is 1.81. The number of phenols is 4. The van der Waals surface area contributed by atoms with Gasteiger partial charge in [-0.1, -0.05) is 242 Å². The Morgan fingerprint density at radius 3 is 1.10 bits per heavy atom. The molecular weight excluding hydrogens is 1200 g/mol. The normalized spacial score (nSPS) is 10.7. The zero-order valence-corrected chi connectivity index (χ0v) is 52.4. The minimum atomic E-state index is -0.498. The van der Waals surface area contributed by atoms with E-state index in [1.165, 1.54) is 5.56 Å². The lowest BCUT2D eigenvalue weighted by Crippen LogP contribution is -2.04. The van der Waals surface area contributed by atoms with Gasteiger partial charge in [-0.3, -0.25) is 4.98 Å². The van der Waals surface area contributed by atoms with Gasteiger partial charge in [-0.2, -0.15) is 0 Å². The number of benzene rings is 12. The van der Waals surface area contributed by atoms with Gasteiger partial charge in [-0.15, -0.1) is 0 Å². The summed E-state index contributed by atoms with van der Waals surface area (Å²) in [4.78, 5) is 18.8. The van der Waals surface area contributed by atoms with Crippen molar-refractivity contribution in [3.8, 4) is 123 Å². The third-order valence-electron chi connectivity index (χ3n) is 16.1. The highest BCUT2D eigenvalue weighted by Gasteiger charge is 2.17. The van der Waals surface area contributed by atoms with Crippen LogP contribution in [0.4, 0.5) is 5.82 Å². The van der Waals surface area contributed by atoms with Gasteiger partial charge in [-0.25, -0.2) is 10.7 Å². The van der Waals surface area contributed by atoms with E-state index >= 15 is 0 Å². The highest BCUT2D eigenvalue weighted by Crippen LogP contribution is 2.38. The number of oxazole rings is 1. The van der Waals surface area contributed by atoms with Crippen LogP contribution in [0.25, 0.3) is 100 Å². The lowest BCUT2D eigenvalue weighted by molar-refractivity contribution is 0.141. The van der Waals surface area contributed by atoms with Gasteiger partial charge in [0, 0.05) is 24.2 Å². The molecule has 12 aromatic carbocycles. The van der Waals surface area contributed by atoms with Crippen LogP contribution in [0.3, 0.4) is 0 Å². The van der Waals surface area contributed by atoms with E-state index in [0.717, 1.165) is 111 Å². The van der Waals surface area contributed by atoms with E-state index in [2.05, 4.69) is 101 Å². The summed E-state index contributed by atoms with van der Waals surface area (Å²) in [6.07, 6.45) is 5.03. The summed E-state index contributed by atoms with van der Waals surface area (Å²) in [5, 5.41) is 52.2. The molecule has 476 valence electrons. The Labute approximate surface area is 556 Å². The van der Waals surface area contributed by atoms with Crippen molar-refractivity contribution >= 4 is 5.82 Å². The number of aromatic amines is 1. The number of H-pyrrole nitrogens is 1. The molecule has 0 saturated carbocycles.